The van der Waals surface area contributed by atoms with E-state index in [9.17, 15) is 14.3 Å². The third-order valence-electron chi connectivity index (χ3n) is 3.56. The van der Waals surface area contributed by atoms with E-state index in [-0.39, 0.29) is 18.3 Å². The van der Waals surface area contributed by atoms with E-state index >= 15 is 0 Å². The fourth-order valence-corrected chi connectivity index (χ4v) is 3.18. The van der Waals surface area contributed by atoms with Crippen LogP contribution in [0.15, 0.2) is 24.3 Å². The Bertz CT molecular complexity index is 633. The van der Waals surface area contributed by atoms with Gasteiger partial charge in [0.05, 0.1) is 10.5 Å². The van der Waals surface area contributed by atoms with Crippen LogP contribution in [0.25, 0.3) is 10.1 Å². The van der Waals surface area contributed by atoms with Crippen LogP contribution in [0.1, 0.15) is 28.9 Å². The van der Waals surface area contributed by atoms with E-state index < -0.39 is 5.60 Å². The van der Waals surface area contributed by atoms with Crippen LogP contribution < -0.4 is 5.32 Å². The van der Waals surface area contributed by atoms with Crippen LogP contribution in [0.5, 0.6) is 0 Å². The lowest BCUT2D eigenvalue weighted by Gasteiger charge is -2.36. The maximum absolute atomic E-state index is 13.1. The number of rotatable bonds is 3. The summed E-state index contributed by atoms with van der Waals surface area (Å²) in [7, 11) is 0. The minimum absolute atomic E-state index is 0.207. The summed E-state index contributed by atoms with van der Waals surface area (Å²) < 4.78 is 14.0. The quantitative estimate of drug-likeness (QED) is 0.907. The van der Waals surface area contributed by atoms with Crippen molar-refractivity contribution in [3.63, 3.8) is 0 Å². The van der Waals surface area contributed by atoms with Crippen molar-refractivity contribution in [1.29, 1.82) is 0 Å². The van der Waals surface area contributed by atoms with Gasteiger partial charge in [-0.2, -0.15) is 0 Å². The zero-order valence-corrected chi connectivity index (χ0v) is 11.1. The topological polar surface area (TPSA) is 49.3 Å². The summed E-state index contributed by atoms with van der Waals surface area (Å²) in [6.45, 7) is 0.286. The van der Waals surface area contributed by atoms with Crippen LogP contribution in [0.2, 0.25) is 0 Å². The molecule has 1 aromatic heterocycles. The standard InChI is InChI=1S/C14H14FNO2S/c15-10-2-3-11-9(6-10)7-12(19-11)13(17)16-8-14(18)4-1-5-14/h2-3,6-7,18H,1,4-5,8H2,(H,16,17). The summed E-state index contributed by atoms with van der Waals surface area (Å²) >= 11 is 1.33. The summed E-state index contributed by atoms with van der Waals surface area (Å²) in [6.07, 6.45) is 2.49. The number of amides is 1. The highest BCUT2D eigenvalue weighted by Gasteiger charge is 2.34. The molecule has 19 heavy (non-hydrogen) atoms. The van der Waals surface area contributed by atoms with Gasteiger partial charge in [0.15, 0.2) is 0 Å². The van der Waals surface area contributed by atoms with Gasteiger partial charge in [-0.05, 0) is 48.9 Å². The Morgan fingerprint density at radius 3 is 2.89 bits per heavy atom. The number of hydrogen-bond donors (Lipinski definition) is 2. The number of aliphatic hydroxyl groups is 1. The molecule has 100 valence electrons. The number of thiophene rings is 1. The average Bonchev–Trinajstić information content (AvgIpc) is 2.76. The number of benzene rings is 1. The van der Waals surface area contributed by atoms with Crippen molar-refractivity contribution in [3.05, 3.63) is 35.0 Å². The largest absolute Gasteiger partial charge is 0.388 e. The SMILES string of the molecule is O=C(NCC1(O)CCC1)c1cc2cc(F)ccc2s1. The summed E-state index contributed by atoms with van der Waals surface area (Å²) in [6, 6.07) is 6.16. The Morgan fingerprint density at radius 1 is 1.42 bits per heavy atom. The van der Waals surface area contributed by atoms with Gasteiger partial charge in [0.1, 0.15) is 5.82 Å². The molecule has 0 spiro atoms. The summed E-state index contributed by atoms with van der Waals surface area (Å²) in [4.78, 5) is 12.5. The first kappa shape index (κ1) is 12.6. The van der Waals surface area contributed by atoms with Crippen LogP contribution in [-0.4, -0.2) is 23.2 Å². The number of fused-ring (bicyclic) bond motifs is 1. The van der Waals surface area contributed by atoms with Gasteiger partial charge in [-0.25, -0.2) is 4.39 Å². The molecule has 3 nitrogen and oxygen atoms in total. The zero-order chi connectivity index (χ0) is 13.5. The number of hydrogen-bond acceptors (Lipinski definition) is 3. The minimum atomic E-state index is -0.724. The second-order valence-corrected chi connectivity index (χ2v) is 6.14. The highest BCUT2D eigenvalue weighted by atomic mass is 32.1. The first-order valence-corrected chi connectivity index (χ1v) is 7.07. The van der Waals surface area contributed by atoms with Crippen molar-refractivity contribution in [2.24, 2.45) is 0 Å². The number of carbonyl (C=O) groups is 1. The van der Waals surface area contributed by atoms with E-state index in [0.717, 1.165) is 29.3 Å². The van der Waals surface area contributed by atoms with Crippen molar-refractivity contribution in [3.8, 4) is 0 Å². The van der Waals surface area contributed by atoms with Crippen molar-refractivity contribution < 1.29 is 14.3 Å². The molecule has 0 aliphatic heterocycles. The molecule has 1 saturated carbocycles. The lowest BCUT2D eigenvalue weighted by Crippen LogP contribution is -2.47. The third kappa shape index (κ3) is 2.48. The summed E-state index contributed by atoms with van der Waals surface area (Å²) in [5.74, 6) is -0.511. The molecule has 0 atom stereocenters. The molecule has 1 aromatic carbocycles. The second-order valence-electron chi connectivity index (χ2n) is 5.05. The van der Waals surface area contributed by atoms with Gasteiger partial charge in [0.25, 0.3) is 5.91 Å². The average molecular weight is 279 g/mol. The fraction of sp³-hybridized carbons (Fsp3) is 0.357. The predicted molar refractivity (Wildman–Crippen MR) is 72.9 cm³/mol. The molecule has 0 bridgehead atoms. The Morgan fingerprint density at radius 2 is 2.21 bits per heavy atom. The molecule has 3 rings (SSSR count). The van der Waals surface area contributed by atoms with Gasteiger partial charge in [-0.3, -0.25) is 4.79 Å². The third-order valence-corrected chi connectivity index (χ3v) is 4.68. The molecule has 1 amide bonds. The molecule has 0 saturated heterocycles. The van der Waals surface area contributed by atoms with E-state index in [1.165, 1.54) is 23.5 Å². The Hall–Kier alpha value is -1.46. The number of nitrogens with one attached hydrogen (secondary N) is 1. The summed E-state index contributed by atoms with van der Waals surface area (Å²) in [5.41, 5.74) is -0.724. The molecule has 1 aliphatic rings. The molecular formula is C14H14FNO2S. The normalized spacial score (nSPS) is 17.2. The van der Waals surface area contributed by atoms with E-state index in [4.69, 9.17) is 0 Å². The smallest absolute Gasteiger partial charge is 0.261 e. The molecule has 2 N–H and O–H groups in total. The van der Waals surface area contributed by atoms with Crippen molar-refractivity contribution in [2.75, 3.05) is 6.54 Å². The van der Waals surface area contributed by atoms with Gasteiger partial charge >= 0.3 is 0 Å². The van der Waals surface area contributed by atoms with Crippen LogP contribution in [0.4, 0.5) is 4.39 Å². The van der Waals surface area contributed by atoms with Crippen LogP contribution in [-0.2, 0) is 0 Å². The van der Waals surface area contributed by atoms with Gasteiger partial charge < -0.3 is 10.4 Å². The highest BCUT2D eigenvalue weighted by molar-refractivity contribution is 7.20. The Labute approximate surface area is 114 Å². The van der Waals surface area contributed by atoms with Crippen LogP contribution in [0, 0.1) is 5.82 Å². The Balaban J connectivity index is 1.74. The van der Waals surface area contributed by atoms with Crippen molar-refractivity contribution in [2.45, 2.75) is 24.9 Å². The fourth-order valence-electron chi connectivity index (χ4n) is 2.22. The molecule has 1 aliphatic carbocycles. The minimum Gasteiger partial charge on any atom is -0.388 e. The van der Waals surface area contributed by atoms with Gasteiger partial charge in [0.2, 0.25) is 0 Å². The van der Waals surface area contributed by atoms with E-state index in [1.54, 1.807) is 12.1 Å². The maximum atomic E-state index is 13.1. The van der Waals surface area contributed by atoms with Crippen molar-refractivity contribution in [1.82, 2.24) is 5.32 Å². The first-order chi connectivity index (χ1) is 9.06. The molecule has 0 unspecified atom stereocenters. The molecule has 5 heteroatoms. The number of carbonyl (C=O) groups excluding carboxylic acids is 1. The molecule has 2 aromatic rings. The molecule has 0 radical (unpaired) electrons. The lowest BCUT2D eigenvalue weighted by atomic mass is 9.80. The number of halogens is 1. The summed E-state index contributed by atoms with van der Waals surface area (Å²) in [5, 5.41) is 13.4. The van der Waals surface area contributed by atoms with Crippen LogP contribution >= 0.6 is 11.3 Å². The van der Waals surface area contributed by atoms with Crippen molar-refractivity contribution >= 4 is 27.3 Å². The Kier molecular flexibility index (Phi) is 3.03. The second kappa shape index (κ2) is 4.58. The maximum Gasteiger partial charge on any atom is 0.261 e. The molecular weight excluding hydrogens is 265 g/mol. The van der Waals surface area contributed by atoms with Gasteiger partial charge in [-0.15, -0.1) is 11.3 Å². The van der Waals surface area contributed by atoms with Crippen LogP contribution in [0.3, 0.4) is 0 Å². The van der Waals surface area contributed by atoms with Gasteiger partial charge in [0, 0.05) is 11.2 Å². The molecule has 1 heterocycles. The van der Waals surface area contributed by atoms with E-state index in [0.29, 0.717) is 4.88 Å². The predicted octanol–water partition coefficient (Wildman–Crippen LogP) is 2.69. The zero-order valence-electron chi connectivity index (χ0n) is 10.3. The first-order valence-electron chi connectivity index (χ1n) is 6.25. The monoisotopic (exact) mass is 279 g/mol. The van der Waals surface area contributed by atoms with E-state index in [1.807, 2.05) is 0 Å². The lowest BCUT2D eigenvalue weighted by molar-refractivity contribution is -0.0300. The van der Waals surface area contributed by atoms with E-state index in [2.05, 4.69) is 5.32 Å². The highest BCUT2D eigenvalue weighted by Crippen LogP contribution is 2.31. The molecule has 1 fully saturated rings. The van der Waals surface area contributed by atoms with Gasteiger partial charge in [-0.1, -0.05) is 0 Å².